The fourth-order valence-corrected chi connectivity index (χ4v) is 2.19. The summed E-state index contributed by atoms with van der Waals surface area (Å²) in [6.07, 6.45) is 3.33. The van der Waals surface area contributed by atoms with Crippen LogP contribution in [0.2, 0.25) is 0 Å². The van der Waals surface area contributed by atoms with Crippen LogP contribution in [0.4, 0.5) is 0 Å². The monoisotopic (exact) mass is 239 g/mol. The maximum Gasteiger partial charge on any atom is 0.230 e. The molecule has 0 amide bonds. The van der Waals surface area contributed by atoms with Crippen LogP contribution < -0.4 is 5.32 Å². The quantitative estimate of drug-likeness (QED) is 0.768. The van der Waals surface area contributed by atoms with Crippen molar-refractivity contribution in [3.8, 4) is 0 Å². The summed E-state index contributed by atoms with van der Waals surface area (Å²) in [6, 6.07) is 0. The Bertz CT molecular complexity index is 340. The summed E-state index contributed by atoms with van der Waals surface area (Å²) in [7, 11) is 0. The molecule has 0 saturated carbocycles. The molecule has 1 aliphatic rings. The van der Waals surface area contributed by atoms with Crippen molar-refractivity contribution in [2.75, 3.05) is 13.2 Å². The van der Waals surface area contributed by atoms with Gasteiger partial charge in [0.05, 0.1) is 18.6 Å². The van der Waals surface area contributed by atoms with Gasteiger partial charge in [0.15, 0.2) is 0 Å². The third-order valence-corrected chi connectivity index (χ3v) is 3.11. The van der Waals surface area contributed by atoms with E-state index in [9.17, 15) is 0 Å². The average molecular weight is 239 g/mol. The Labute approximate surface area is 102 Å². The van der Waals surface area contributed by atoms with Gasteiger partial charge < -0.3 is 14.5 Å². The predicted octanol–water partition coefficient (Wildman–Crippen LogP) is 1.85. The lowest BCUT2D eigenvalue weighted by molar-refractivity contribution is 0.0962. The minimum Gasteiger partial charge on any atom is -0.423 e. The summed E-state index contributed by atoms with van der Waals surface area (Å²) in [6.45, 7) is 6.69. The Kier molecular flexibility index (Phi) is 4.50. The molecule has 1 aliphatic heterocycles. The molecule has 17 heavy (non-hydrogen) atoms. The number of nitrogens with zero attached hydrogens (tertiary/aromatic N) is 2. The molecule has 0 radical (unpaired) electrons. The molecular formula is C12H21N3O2. The molecule has 5 nitrogen and oxygen atoms in total. The Morgan fingerprint density at radius 3 is 3.00 bits per heavy atom. The smallest absolute Gasteiger partial charge is 0.230 e. The second kappa shape index (κ2) is 6.12. The van der Waals surface area contributed by atoms with Crippen LogP contribution in [0.25, 0.3) is 0 Å². The zero-order valence-electron chi connectivity index (χ0n) is 10.6. The lowest BCUT2D eigenvalue weighted by Crippen LogP contribution is -2.14. The van der Waals surface area contributed by atoms with Crippen LogP contribution in [0.15, 0.2) is 4.42 Å². The average Bonchev–Trinajstić information content (AvgIpc) is 2.96. The summed E-state index contributed by atoms with van der Waals surface area (Å²) >= 11 is 0. The van der Waals surface area contributed by atoms with E-state index in [0.29, 0.717) is 12.4 Å². The SMILES string of the molecule is CCCNCc1nnc(C2CCOC2CC)o1. The molecule has 2 rings (SSSR count). The number of hydrogen-bond acceptors (Lipinski definition) is 5. The van der Waals surface area contributed by atoms with E-state index < -0.39 is 0 Å². The maximum atomic E-state index is 5.68. The highest BCUT2D eigenvalue weighted by molar-refractivity contribution is 4.98. The van der Waals surface area contributed by atoms with Gasteiger partial charge in [-0.05, 0) is 25.8 Å². The van der Waals surface area contributed by atoms with Crippen LogP contribution in [-0.4, -0.2) is 29.5 Å². The first-order chi connectivity index (χ1) is 8.35. The van der Waals surface area contributed by atoms with E-state index in [4.69, 9.17) is 9.15 Å². The normalized spacial score (nSPS) is 24.4. The summed E-state index contributed by atoms with van der Waals surface area (Å²) < 4.78 is 11.3. The van der Waals surface area contributed by atoms with Crippen LogP contribution in [0, 0.1) is 0 Å². The topological polar surface area (TPSA) is 60.2 Å². The Morgan fingerprint density at radius 2 is 2.24 bits per heavy atom. The van der Waals surface area contributed by atoms with Crippen molar-refractivity contribution in [1.29, 1.82) is 0 Å². The van der Waals surface area contributed by atoms with Crippen molar-refractivity contribution >= 4 is 0 Å². The van der Waals surface area contributed by atoms with Gasteiger partial charge in [-0.25, -0.2) is 0 Å². The number of aromatic nitrogens is 2. The molecule has 1 aromatic rings. The lowest BCUT2D eigenvalue weighted by atomic mass is 10.00. The number of hydrogen-bond donors (Lipinski definition) is 1. The third-order valence-electron chi connectivity index (χ3n) is 3.11. The van der Waals surface area contributed by atoms with Crippen LogP contribution in [0.1, 0.15) is 50.8 Å². The first-order valence-corrected chi connectivity index (χ1v) is 6.49. The van der Waals surface area contributed by atoms with Crippen LogP contribution in [0.5, 0.6) is 0 Å². The van der Waals surface area contributed by atoms with E-state index in [-0.39, 0.29) is 12.0 Å². The van der Waals surface area contributed by atoms with Crippen LogP contribution >= 0.6 is 0 Å². The molecule has 1 N–H and O–H groups in total. The highest BCUT2D eigenvalue weighted by Gasteiger charge is 2.32. The molecule has 2 atom stereocenters. The molecule has 0 aromatic carbocycles. The van der Waals surface area contributed by atoms with E-state index in [1.807, 2.05) is 0 Å². The Balaban J connectivity index is 1.93. The second-order valence-electron chi connectivity index (χ2n) is 4.42. The molecule has 0 aliphatic carbocycles. The molecule has 2 heterocycles. The standard InChI is InChI=1S/C12H21N3O2/c1-3-6-13-8-11-14-15-12(17-11)9-5-7-16-10(9)4-2/h9-10,13H,3-8H2,1-2H3. The highest BCUT2D eigenvalue weighted by Crippen LogP contribution is 2.31. The number of nitrogens with one attached hydrogen (secondary N) is 1. The largest absolute Gasteiger partial charge is 0.423 e. The van der Waals surface area contributed by atoms with Crippen molar-refractivity contribution in [3.05, 3.63) is 11.8 Å². The third kappa shape index (κ3) is 3.04. The Hall–Kier alpha value is -0.940. The molecule has 2 unspecified atom stereocenters. The highest BCUT2D eigenvalue weighted by atomic mass is 16.5. The molecule has 1 saturated heterocycles. The molecule has 5 heteroatoms. The van der Waals surface area contributed by atoms with Crippen molar-refractivity contribution in [2.45, 2.75) is 51.7 Å². The first-order valence-electron chi connectivity index (χ1n) is 6.49. The fourth-order valence-electron chi connectivity index (χ4n) is 2.19. The molecule has 1 fully saturated rings. The molecule has 96 valence electrons. The second-order valence-corrected chi connectivity index (χ2v) is 4.42. The van der Waals surface area contributed by atoms with Gasteiger partial charge in [-0.1, -0.05) is 13.8 Å². The summed E-state index contributed by atoms with van der Waals surface area (Å²) in [5.74, 6) is 1.70. The Morgan fingerprint density at radius 1 is 1.35 bits per heavy atom. The van der Waals surface area contributed by atoms with Gasteiger partial charge >= 0.3 is 0 Å². The van der Waals surface area contributed by atoms with E-state index in [2.05, 4.69) is 29.4 Å². The number of ether oxygens (including phenoxy) is 1. The van der Waals surface area contributed by atoms with Crippen molar-refractivity contribution in [1.82, 2.24) is 15.5 Å². The van der Waals surface area contributed by atoms with Crippen molar-refractivity contribution < 1.29 is 9.15 Å². The van der Waals surface area contributed by atoms with Crippen LogP contribution in [0.3, 0.4) is 0 Å². The van der Waals surface area contributed by atoms with E-state index in [0.717, 1.165) is 38.3 Å². The molecule has 1 aromatic heterocycles. The van der Waals surface area contributed by atoms with Gasteiger partial charge in [-0.2, -0.15) is 0 Å². The van der Waals surface area contributed by atoms with E-state index >= 15 is 0 Å². The molecule has 0 spiro atoms. The lowest BCUT2D eigenvalue weighted by Gasteiger charge is -2.12. The number of rotatable bonds is 6. The zero-order valence-corrected chi connectivity index (χ0v) is 10.6. The van der Waals surface area contributed by atoms with Gasteiger partial charge in [0.2, 0.25) is 11.8 Å². The molecular weight excluding hydrogens is 218 g/mol. The van der Waals surface area contributed by atoms with Gasteiger partial charge in [0.1, 0.15) is 0 Å². The predicted molar refractivity (Wildman–Crippen MR) is 63.7 cm³/mol. The van der Waals surface area contributed by atoms with E-state index in [1.54, 1.807) is 0 Å². The fraction of sp³-hybridized carbons (Fsp3) is 0.833. The first kappa shape index (κ1) is 12.5. The van der Waals surface area contributed by atoms with Crippen LogP contribution in [-0.2, 0) is 11.3 Å². The van der Waals surface area contributed by atoms with Crippen molar-refractivity contribution in [3.63, 3.8) is 0 Å². The van der Waals surface area contributed by atoms with Gasteiger partial charge in [0, 0.05) is 6.61 Å². The van der Waals surface area contributed by atoms with Gasteiger partial charge in [0.25, 0.3) is 0 Å². The summed E-state index contributed by atoms with van der Waals surface area (Å²) in [5, 5.41) is 11.5. The maximum absolute atomic E-state index is 5.68. The van der Waals surface area contributed by atoms with Gasteiger partial charge in [-0.15, -0.1) is 10.2 Å². The minimum atomic E-state index is 0.243. The molecule has 0 bridgehead atoms. The summed E-state index contributed by atoms with van der Waals surface area (Å²) in [4.78, 5) is 0. The minimum absolute atomic E-state index is 0.243. The summed E-state index contributed by atoms with van der Waals surface area (Å²) in [5.41, 5.74) is 0. The zero-order chi connectivity index (χ0) is 12.1. The van der Waals surface area contributed by atoms with Crippen molar-refractivity contribution in [2.24, 2.45) is 0 Å². The van der Waals surface area contributed by atoms with Gasteiger partial charge in [-0.3, -0.25) is 0 Å². The van der Waals surface area contributed by atoms with E-state index in [1.165, 1.54) is 0 Å².